The third-order valence-corrected chi connectivity index (χ3v) is 3.76. The average Bonchev–Trinajstić information content (AvgIpc) is 3.26. The average molecular weight is 331 g/mol. The van der Waals surface area contributed by atoms with Crippen LogP contribution in [0.4, 0.5) is 5.69 Å². The summed E-state index contributed by atoms with van der Waals surface area (Å²) in [5, 5.41) is 6.65. The molecule has 3 N–H and O–H groups in total. The molecular formula is C15H17N5O4. The molecule has 9 nitrogen and oxygen atoms in total. The highest BCUT2D eigenvalue weighted by Gasteiger charge is 2.23. The Morgan fingerprint density at radius 2 is 2.17 bits per heavy atom. The maximum atomic E-state index is 12.1. The number of nitrogens with zero attached hydrogens (tertiary/aromatic N) is 2. The first-order valence-electron chi connectivity index (χ1n) is 7.78. The highest BCUT2D eigenvalue weighted by atomic mass is 16.6. The predicted molar refractivity (Wildman–Crippen MR) is 82.6 cm³/mol. The van der Waals surface area contributed by atoms with Crippen LogP contribution in [0.2, 0.25) is 0 Å². The van der Waals surface area contributed by atoms with E-state index in [9.17, 15) is 4.79 Å². The smallest absolute Gasteiger partial charge is 0.245 e. The molecule has 1 aromatic heterocycles. The topological polar surface area (TPSA) is 111 Å². The van der Waals surface area contributed by atoms with Crippen molar-refractivity contribution in [3.63, 3.8) is 0 Å². The third-order valence-electron chi connectivity index (χ3n) is 3.76. The molecule has 3 heterocycles. The molecule has 1 aromatic carbocycles. The summed E-state index contributed by atoms with van der Waals surface area (Å²) in [5.41, 5.74) is 6.67. The van der Waals surface area contributed by atoms with Crippen molar-refractivity contribution in [1.82, 2.24) is 21.0 Å². The van der Waals surface area contributed by atoms with E-state index in [0.717, 1.165) is 13.0 Å². The van der Waals surface area contributed by atoms with Crippen molar-refractivity contribution in [3.8, 4) is 11.5 Å². The summed E-state index contributed by atoms with van der Waals surface area (Å²) in [6, 6.07) is 5.27. The summed E-state index contributed by atoms with van der Waals surface area (Å²) in [6.45, 7) is 1.87. The van der Waals surface area contributed by atoms with Crippen molar-refractivity contribution in [2.45, 2.75) is 18.9 Å². The van der Waals surface area contributed by atoms with Gasteiger partial charge in [0, 0.05) is 18.3 Å². The maximum Gasteiger partial charge on any atom is 0.245 e. The molecule has 2 aliphatic heterocycles. The van der Waals surface area contributed by atoms with Crippen LogP contribution in [0.1, 0.15) is 24.2 Å². The molecule has 2 aliphatic rings. The predicted octanol–water partition coefficient (Wildman–Crippen LogP) is 0.561. The van der Waals surface area contributed by atoms with Gasteiger partial charge in [-0.25, -0.2) is 5.43 Å². The number of ether oxygens (including phenoxy) is 2. The van der Waals surface area contributed by atoms with Crippen molar-refractivity contribution in [1.29, 1.82) is 0 Å². The fourth-order valence-corrected chi connectivity index (χ4v) is 2.62. The number of aromatic nitrogens is 2. The standard InChI is InChI=1S/C15H17N5O4/c21-14(8-13-18-15(24-20-13)10-3-4-16-19-10)17-9-1-2-11-12(7-9)23-6-5-22-11/h1-2,7,10,16,19H,3-6,8H2,(H,17,21). The Labute approximate surface area is 137 Å². The van der Waals surface area contributed by atoms with Crippen LogP contribution in [0.3, 0.4) is 0 Å². The SMILES string of the molecule is O=C(Cc1noc(C2CCNN2)n1)Nc1ccc2c(c1)OCCO2. The number of hydrogen-bond acceptors (Lipinski definition) is 8. The minimum absolute atomic E-state index is 0.00731. The number of fused-ring (bicyclic) bond motifs is 1. The van der Waals surface area contributed by atoms with E-state index < -0.39 is 0 Å². The molecule has 24 heavy (non-hydrogen) atoms. The van der Waals surface area contributed by atoms with E-state index in [1.165, 1.54) is 0 Å². The zero-order valence-corrected chi connectivity index (χ0v) is 12.9. The molecule has 0 saturated carbocycles. The van der Waals surface area contributed by atoms with Gasteiger partial charge in [0.1, 0.15) is 19.3 Å². The molecule has 0 spiro atoms. The number of carbonyl (C=O) groups excluding carboxylic acids is 1. The molecule has 9 heteroatoms. The Morgan fingerprint density at radius 1 is 1.29 bits per heavy atom. The van der Waals surface area contributed by atoms with Gasteiger partial charge < -0.3 is 19.3 Å². The first-order chi connectivity index (χ1) is 11.8. The van der Waals surface area contributed by atoms with E-state index in [2.05, 4.69) is 26.3 Å². The molecule has 126 valence electrons. The van der Waals surface area contributed by atoms with Gasteiger partial charge in [-0.15, -0.1) is 0 Å². The molecule has 0 aliphatic carbocycles. The van der Waals surface area contributed by atoms with Gasteiger partial charge in [-0.05, 0) is 18.6 Å². The van der Waals surface area contributed by atoms with E-state index in [4.69, 9.17) is 14.0 Å². The molecule has 1 atom stereocenters. The number of anilines is 1. The molecule has 0 radical (unpaired) electrons. The van der Waals surface area contributed by atoms with Gasteiger partial charge in [-0.2, -0.15) is 4.98 Å². The Kier molecular flexibility index (Phi) is 4.01. The van der Waals surface area contributed by atoms with Crippen LogP contribution in [0, 0.1) is 0 Å². The molecule has 0 bridgehead atoms. The number of carbonyl (C=O) groups is 1. The lowest BCUT2D eigenvalue weighted by molar-refractivity contribution is -0.115. The summed E-state index contributed by atoms with van der Waals surface area (Å²) < 4.78 is 16.1. The number of hydrogen-bond donors (Lipinski definition) is 3. The van der Waals surface area contributed by atoms with E-state index in [1.807, 2.05) is 0 Å². The van der Waals surface area contributed by atoms with Gasteiger partial charge in [-0.1, -0.05) is 5.16 Å². The number of amides is 1. The second kappa shape index (κ2) is 6.46. The lowest BCUT2D eigenvalue weighted by Crippen LogP contribution is -2.24. The van der Waals surface area contributed by atoms with E-state index in [1.54, 1.807) is 18.2 Å². The van der Waals surface area contributed by atoms with Crippen molar-refractivity contribution in [2.75, 3.05) is 25.1 Å². The van der Waals surface area contributed by atoms with Crippen molar-refractivity contribution in [2.24, 2.45) is 0 Å². The molecule has 4 rings (SSSR count). The second-order valence-electron chi connectivity index (χ2n) is 5.54. The zero-order chi connectivity index (χ0) is 16.4. The van der Waals surface area contributed by atoms with Crippen LogP contribution < -0.4 is 25.6 Å². The summed E-state index contributed by atoms with van der Waals surface area (Å²) in [5.74, 6) is 1.92. The number of hydrazine groups is 1. The summed E-state index contributed by atoms with van der Waals surface area (Å²) >= 11 is 0. The molecule has 1 saturated heterocycles. The lowest BCUT2D eigenvalue weighted by atomic mass is 10.2. The highest BCUT2D eigenvalue weighted by molar-refractivity contribution is 5.92. The minimum Gasteiger partial charge on any atom is -0.486 e. The lowest BCUT2D eigenvalue weighted by Gasteiger charge is -2.18. The molecule has 1 unspecified atom stereocenters. The normalized spacial score (nSPS) is 19.2. The van der Waals surface area contributed by atoms with E-state index >= 15 is 0 Å². The number of nitrogens with one attached hydrogen (secondary N) is 3. The minimum atomic E-state index is -0.225. The van der Waals surface area contributed by atoms with Gasteiger partial charge in [0.2, 0.25) is 11.8 Å². The fourth-order valence-electron chi connectivity index (χ4n) is 2.62. The number of benzene rings is 1. The number of rotatable bonds is 4. The Balaban J connectivity index is 1.38. The van der Waals surface area contributed by atoms with Crippen LogP contribution in [0.25, 0.3) is 0 Å². The molecular weight excluding hydrogens is 314 g/mol. The fraction of sp³-hybridized carbons (Fsp3) is 0.400. The van der Waals surface area contributed by atoms with Crippen LogP contribution in [0.5, 0.6) is 11.5 Å². The maximum absolute atomic E-state index is 12.1. The van der Waals surface area contributed by atoms with Gasteiger partial charge in [0.15, 0.2) is 17.3 Å². The Morgan fingerprint density at radius 3 is 3.00 bits per heavy atom. The van der Waals surface area contributed by atoms with Gasteiger partial charge >= 0.3 is 0 Å². The highest BCUT2D eigenvalue weighted by Crippen LogP contribution is 2.32. The van der Waals surface area contributed by atoms with Crippen LogP contribution in [-0.2, 0) is 11.2 Å². The summed E-state index contributed by atoms with van der Waals surface area (Å²) in [7, 11) is 0. The van der Waals surface area contributed by atoms with Crippen molar-refractivity contribution < 1.29 is 18.8 Å². The monoisotopic (exact) mass is 331 g/mol. The van der Waals surface area contributed by atoms with Crippen LogP contribution >= 0.6 is 0 Å². The van der Waals surface area contributed by atoms with Crippen LogP contribution in [0.15, 0.2) is 22.7 Å². The molecule has 2 aromatic rings. The Hall–Kier alpha value is -2.65. The van der Waals surface area contributed by atoms with Crippen LogP contribution in [-0.4, -0.2) is 35.8 Å². The van der Waals surface area contributed by atoms with Gasteiger partial charge in [0.05, 0.1) is 6.42 Å². The first-order valence-corrected chi connectivity index (χ1v) is 7.78. The Bertz CT molecular complexity index is 741. The third kappa shape index (κ3) is 3.17. The van der Waals surface area contributed by atoms with E-state index in [0.29, 0.717) is 42.1 Å². The largest absolute Gasteiger partial charge is 0.486 e. The van der Waals surface area contributed by atoms with E-state index in [-0.39, 0.29) is 18.4 Å². The molecule has 1 amide bonds. The summed E-state index contributed by atoms with van der Waals surface area (Å²) in [6.07, 6.45) is 0.906. The summed E-state index contributed by atoms with van der Waals surface area (Å²) in [4.78, 5) is 16.4. The van der Waals surface area contributed by atoms with Gasteiger partial charge in [-0.3, -0.25) is 10.2 Å². The molecule has 1 fully saturated rings. The van der Waals surface area contributed by atoms with Gasteiger partial charge in [0.25, 0.3) is 0 Å². The zero-order valence-electron chi connectivity index (χ0n) is 12.9. The quantitative estimate of drug-likeness (QED) is 0.745. The van der Waals surface area contributed by atoms with Crippen molar-refractivity contribution >= 4 is 11.6 Å². The first kappa shape index (κ1) is 14.9. The van der Waals surface area contributed by atoms with Crippen molar-refractivity contribution in [3.05, 3.63) is 29.9 Å². The second-order valence-corrected chi connectivity index (χ2v) is 5.54.